The number of piperidine rings is 1. The van der Waals surface area contributed by atoms with E-state index < -0.39 is 0 Å². The molecule has 1 saturated carbocycles. The Morgan fingerprint density at radius 1 is 1.00 bits per heavy atom. The number of amides is 1. The highest BCUT2D eigenvalue weighted by Gasteiger charge is 2.22. The first-order valence-electron chi connectivity index (χ1n) is 7.75. The molecule has 0 aromatic rings. The second-order valence-electron chi connectivity index (χ2n) is 6.00. The lowest BCUT2D eigenvalue weighted by Crippen LogP contribution is -2.44. The second-order valence-corrected chi connectivity index (χ2v) is 6.00. The molecule has 0 unspecified atom stereocenters. The first-order chi connectivity index (χ1) is 8.77. The number of hydrogen-bond acceptors (Lipinski definition) is 2. The van der Waals surface area contributed by atoms with Crippen molar-refractivity contribution in [1.82, 2.24) is 9.80 Å². The van der Waals surface area contributed by atoms with Crippen molar-refractivity contribution >= 4 is 5.91 Å². The predicted molar refractivity (Wildman–Crippen MR) is 74.6 cm³/mol. The molecule has 0 aromatic heterocycles. The highest BCUT2D eigenvalue weighted by atomic mass is 16.2. The van der Waals surface area contributed by atoms with E-state index in [0.29, 0.717) is 18.5 Å². The fourth-order valence-corrected chi connectivity index (χ4v) is 3.28. The second kappa shape index (κ2) is 7.13. The van der Waals surface area contributed by atoms with Gasteiger partial charge in [0.15, 0.2) is 0 Å². The molecule has 1 saturated heterocycles. The zero-order chi connectivity index (χ0) is 12.8. The highest BCUT2D eigenvalue weighted by Crippen LogP contribution is 2.21. The van der Waals surface area contributed by atoms with Gasteiger partial charge in [-0.3, -0.25) is 9.69 Å². The van der Waals surface area contributed by atoms with Crippen LogP contribution in [-0.2, 0) is 4.79 Å². The molecule has 1 heterocycles. The largest absolute Gasteiger partial charge is 0.342 e. The molecular weight excluding hydrogens is 224 g/mol. The van der Waals surface area contributed by atoms with Crippen molar-refractivity contribution in [3.05, 3.63) is 0 Å². The number of likely N-dealkylation sites (N-methyl/N-ethyl adjacent to an activating group) is 1. The van der Waals surface area contributed by atoms with Gasteiger partial charge in [0.25, 0.3) is 0 Å². The van der Waals surface area contributed by atoms with E-state index in [1.807, 2.05) is 0 Å². The van der Waals surface area contributed by atoms with Gasteiger partial charge in [0, 0.05) is 19.1 Å². The topological polar surface area (TPSA) is 23.6 Å². The summed E-state index contributed by atoms with van der Waals surface area (Å²) >= 11 is 0. The molecule has 0 radical (unpaired) electrons. The molecule has 0 N–H and O–H groups in total. The first kappa shape index (κ1) is 13.9. The maximum atomic E-state index is 12.2. The molecule has 0 bridgehead atoms. The quantitative estimate of drug-likeness (QED) is 0.721. The Morgan fingerprint density at radius 3 is 2.17 bits per heavy atom. The third-order valence-electron chi connectivity index (χ3n) is 4.54. The highest BCUT2D eigenvalue weighted by molar-refractivity contribution is 5.78. The normalized spacial score (nSPS) is 23.1. The van der Waals surface area contributed by atoms with Gasteiger partial charge in [0.1, 0.15) is 0 Å². The van der Waals surface area contributed by atoms with E-state index in [-0.39, 0.29) is 0 Å². The van der Waals surface area contributed by atoms with Gasteiger partial charge in [-0.05, 0) is 39.2 Å². The number of rotatable bonds is 3. The molecule has 2 aliphatic rings. The van der Waals surface area contributed by atoms with E-state index in [0.717, 1.165) is 13.1 Å². The van der Waals surface area contributed by atoms with Gasteiger partial charge >= 0.3 is 0 Å². The van der Waals surface area contributed by atoms with E-state index in [1.54, 1.807) is 0 Å². The van der Waals surface area contributed by atoms with E-state index in [9.17, 15) is 4.79 Å². The van der Waals surface area contributed by atoms with E-state index in [2.05, 4.69) is 16.8 Å². The number of nitrogens with zero attached hydrogens (tertiary/aromatic N) is 2. The average Bonchev–Trinajstić information content (AvgIpc) is 2.68. The monoisotopic (exact) mass is 252 g/mol. The summed E-state index contributed by atoms with van der Waals surface area (Å²) in [6.45, 7) is 2.60. The molecule has 3 heteroatoms. The van der Waals surface area contributed by atoms with Crippen LogP contribution >= 0.6 is 0 Å². The summed E-state index contributed by atoms with van der Waals surface area (Å²) < 4.78 is 0. The van der Waals surface area contributed by atoms with E-state index in [4.69, 9.17) is 0 Å². The summed E-state index contributed by atoms with van der Waals surface area (Å²) in [7, 11) is 2.14. The Kier molecular flexibility index (Phi) is 5.48. The van der Waals surface area contributed by atoms with Gasteiger partial charge in [0.05, 0.1) is 6.54 Å². The number of likely N-dealkylation sites (tertiary alicyclic amines) is 1. The number of carbonyl (C=O) groups is 1. The SMILES string of the molecule is CN(CC(=O)N1CCCCC1)C1CCCCCC1. The summed E-state index contributed by atoms with van der Waals surface area (Å²) in [5.41, 5.74) is 0. The van der Waals surface area contributed by atoms with Crippen LogP contribution in [0.5, 0.6) is 0 Å². The Morgan fingerprint density at radius 2 is 1.56 bits per heavy atom. The maximum Gasteiger partial charge on any atom is 0.236 e. The third kappa shape index (κ3) is 3.98. The van der Waals surface area contributed by atoms with Crippen molar-refractivity contribution in [1.29, 1.82) is 0 Å². The first-order valence-corrected chi connectivity index (χ1v) is 7.75. The van der Waals surface area contributed by atoms with Gasteiger partial charge in [-0.15, -0.1) is 0 Å². The summed E-state index contributed by atoms with van der Waals surface area (Å²) in [4.78, 5) is 16.6. The third-order valence-corrected chi connectivity index (χ3v) is 4.54. The van der Waals surface area contributed by atoms with Crippen LogP contribution in [0.2, 0.25) is 0 Å². The van der Waals surface area contributed by atoms with Gasteiger partial charge in [-0.25, -0.2) is 0 Å². The van der Waals surface area contributed by atoms with Crippen molar-refractivity contribution in [3.63, 3.8) is 0 Å². The molecule has 2 rings (SSSR count). The molecule has 2 fully saturated rings. The van der Waals surface area contributed by atoms with Crippen LogP contribution in [0.25, 0.3) is 0 Å². The average molecular weight is 252 g/mol. The predicted octanol–water partition coefficient (Wildman–Crippen LogP) is 2.65. The molecule has 0 atom stereocenters. The lowest BCUT2D eigenvalue weighted by molar-refractivity contribution is -0.133. The van der Waals surface area contributed by atoms with E-state index >= 15 is 0 Å². The summed E-state index contributed by atoms with van der Waals surface area (Å²) in [6.07, 6.45) is 11.7. The zero-order valence-electron chi connectivity index (χ0n) is 11.9. The van der Waals surface area contributed by atoms with Gasteiger partial charge in [0.2, 0.25) is 5.91 Å². The van der Waals surface area contributed by atoms with Crippen LogP contribution in [-0.4, -0.2) is 48.4 Å². The van der Waals surface area contributed by atoms with Crippen LogP contribution in [0.1, 0.15) is 57.8 Å². The molecule has 1 amide bonds. The van der Waals surface area contributed by atoms with Crippen molar-refractivity contribution in [2.24, 2.45) is 0 Å². The van der Waals surface area contributed by atoms with Crippen LogP contribution in [0.4, 0.5) is 0 Å². The lowest BCUT2D eigenvalue weighted by atomic mass is 10.1. The van der Waals surface area contributed by atoms with Gasteiger partial charge in [-0.2, -0.15) is 0 Å². The minimum atomic E-state index is 0.349. The zero-order valence-corrected chi connectivity index (χ0v) is 11.9. The molecule has 18 heavy (non-hydrogen) atoms. The van der Waals surface area contributed by atoms with Crippen molar-refractivity contribution in [2.75, 3.05) is 26.7 Å². The Bertz CT molecular complexity index is 253. The van der Waals surface area contributed by atoms with E-state index in [1.165, 1.54) is 57.8 Å². The van der Waals surface area contributed by atoms with Crippen molar-refractivity contribution in [3.8, 4) is 0 Å². The van der Waals surface area contributed by atoms with Crippen LogP contribution in [0.15, 0.2) is 0 Å². The summed E-state index contributed by atoms with van der Waals surface area (Å²) in [5, 5.41) is 0. The minimum absolute atomic E-state index is 0.349. The fourth-order valence-electron chi connectivity index (χ4n) is 3.28. The van der Waals surface area contributed by atoms with Crippen molar-refractivity contribution < 1.29 is 4.79 Å². The number of hydrogen-bond donors (Lipinski definition) is 0. The van der Waals surface area contributed by atoms with Crippen LogP contribution < -0.4 is 0 Å². The fraction of sp³-hybridized carbons (Fsp3) is 0.933. The summed E-state index contributed by atoms with van der Waals surface area (Å²) in [6, 6.07) is 0.640. The lowest BCUT2D eigenvalue weighted by Gasteiger charge is -2.31. The Balaban J connectivity index is 1.77. The van der Waals surface area contributed by atoms with Gasteiger partial charge < -0.3 is 4.90 Å². The minimum Gasteiger partial charge on any atom is -0.342 e. The maximum absolute atomic E-state index is 12.2. The Hall–Kier alpha value is -0.570. The molecular formula is C15H28N2O. The number of carbonyl (C=O) groups excluding carboxylic acids is 1. The molecule has 104 valence electrons. The molecule has 0 aromatic carbocycles. The van der Waals surface area contributed by atoms with Crippen molar-refractivity contribution in [2.45, 2.75) is 63.8 Å². The Labute approximate surface area is 112 Å². The standard InChI is InChI=1S/C15H28N2O/c1-16(14-9-5-2-3-6-10-14)13-15(18)17-11-7-4-8-12-17/h14H,2-13H2,1H3. The molecule has 1 aliphatic heterocycles. The van der Waals surface area contributed by atoms with Crippen LogP contribution in [0.3, 0.4) is 0 Å². The molecule has 0 spiro atoms. The summed E-state index contributed by atoms with van der Waals surface area (Å²) in [5.74, 6) is 0.349. The van der Waals surface area contributed by atoms with Gasteiger partial charge in [-0.1, -0.05) is 25.7 Å². The van der Waals surface area contributed by atoms with Crippen LogP contribution in [0, 0.1) is 0 Å². The smallest absolute Gasteiger partial charge is 0.236 e. The molecule has 1 aliphatic carbocycles. The molecule has 3 nitrogen and oxygen atoms in total.